The number of aromatic nitrogens is 2. The molecule has 0 radical (unpaired) electrons. The zero-order valence-corrected chi connectivity index (χ0v) is 16.9. The van der Waals surface area contributed by atoms with E-state index in [1.807, 2.05) is 42.5 Å². The molecule has 0 fully saturated rings. The van der Waals surface area contributed by atoms with E-state index < -0.39 is 0 Å². The maximum absolute atomic E-state index is 13.4. The van der Waals surface area contributed by atoms with Gasteiger partial charge in [0.2, 0.25) is 6.79 Å². The highest BCUT2D eigenvalue weighted by Gasteiger charge is 2.43. The van der Waals surface area contributed by atoms with E-state index in [-0.39, 0.29) is 18.7 Å². The molecule has 1 amide bonds. The van der Waals surface area contributed by atoms with Crippen LogP contribution in [0.5, 0.6) is 11.5 Å². The van der Waals surface area contributed by atoms with Crippen molar-refractivity contribution in [3.63, 3.8) is 0 Å². The van der Waals surface area contributed by atoms with Gasteiger partial charge in [-0.1, -0.05) is 37.6 Å². The van der Waals surface area contributed by atoms with E-state index in [2.05, 4.69) is 24.0 Å². The summed E-state index contributed by atoms with van der Waals surface area (Å²) in [7, 11) is 0. The number of rotatable bonds is 4. The lowest BCUT2D eigenvalue weighted by molar-refractivity contribution is 0.0988. The number of aromatic amines is 1. The lowest BCUT2D eigenvalue weighted by Crippen LogP contribution is -2.29. The lowest BCUT2D eigenvalue weighted by Gasteiger charge is -2.27. The van der Waals surface area contributed by atoms with Gasteiger partial charge < -0.3 is 9.47 Å². The van der Waals surface area contributed by atoms with Crippen molar-refractivity contribution in [2.45, 2.75) is 26.3 Å². The Morgan fingerprint density at radius 2 is 2.03 bits per heavy atom. The monoisotopic (exact) mass is 409 g/mol. The zero-order valence-electron chi connectivity index (χ0n) is 16.1. The number of carbonyl (C=O) groups excluding carboxylic acids is 1. The fourth-order valence-corrected chi connectivity index (χ4v) is 4.25. The highest BCUT2D eigenvalue weighted by molar-refractivity contribution is 6.30. The number of benzene rings is 2. The number of amides is 1. The first-order valence-corrected chi connectivity index (χ1v) is 9.96. The number of halogens is 1. The van der Waals surface area contributed by atoms with Crippen LogP contribution in [0.4, 0.5) is 5.69 Å². The molecule has 0 saturated carbocycles. The van der Waals surface area contributed by atoms with E-state index in [0.717, 1.165) is 28.9 Å². The van der Waals surface area contributed by atoms with Gasteiger partial charge in [-0.3, -0.25) is 14.8 Å². The summed E-state index contributed by atoms with van der Waals surface area (Å²) in [5, 5.41) is 8.07. The molecule has 0 spiro atoms. The number of anilines is 1. The molecule has 0 bridgehead atoms. The van der Waals surface area contributed by atoms with Gasteiger partial charge in [0, 0.05) is 22.3 Å². The van der Waals surface area contributed by atoms with E-state index in [0.29, 0.717) is 28.1 Å². The van der Waals surface area contributed by atoms with E-state index in [9.17, 15) is 4.79 Å². The Morgan fingerprint density at radius 1 is 1.21 bits per heavy atom. The molecule has 0 saturated heterocycles. The van der Waals surface area contributed by atoms with Crippen LogP contribution in [0.25, 0.3) is 0 Å². The Kier molecular flexibility index (Phi) is 4.24. The fourth-order valence-electron chi connectivity index (χ4n) is 4.05. The van der Waals surface area contributed by atoms with Gasteiger partial charge >= 0.3 is 0 Å². The number of H-pyrrole nitrogens is 1. The maximum Gasteiger partial charge on any atom is 0.277 e. The predicted octanol–water partition coefficient (Wildman–Crippen LogP) is 4.74. The SMILES string of the molecule is CC(C)Cc1n[nH]c2c1C(c1cccc(Cl)c1)N(c1ccc3c(c1)OCO3)C2=O. The minimum Gasteiger partial charge on any atom is -0.454 e. The minimum atomic E-state index is -0.316. The highest BCUT2D eigenvalue weighted by Crippen LogP contribution is 2.45. The molecule has 1 N–H and O–H groups in total. The second-order valence-electron chi connectivity index (χ2n) is 7.73. The van der Waals surface area contributed by atoms with Gasteiger partial charge in [0.15, 0.2) is 11.5 Å². The second kappa shape index (κ2) is 6.81. The van der Waals surface area contributed by atoms with E-state index in [1.165, 1.54) is 0 Å². The van der Waals surface area contributed by atoms with Gasteiger partial charge in [0.25, 0.3) is 5.91 Å². The Balaban J connectivity index is 1.67. The average Bonchev–Trinajstić information content (AvgIpc) is 3.37. The van der Waals surface area contributed by atoms with Crippen LogP contribution in [0.15, 0.2) is 42.5 Å². The van der Waals surface area contributed by atoms with E-state index in [4.69, 9.17) is 21.1 Å². The maximum atomic E-state index is 13.4. The van der Waals surface area contributed by atoms with Crippen molar-refractivity contribution in [2.24, 2.45) is 5.92 Å². The third-order valence-corrected chi connectivity index (χ3v) is 5.48. The van der Waals surface area contributed by atoms with Crippen LogP contribution in [0.1, 0.15) is 47.2 Å². The normalized spacial score (nSPS) is 17.3. The molecule has 5 rings (SSSR count). The number of nitrogens with one attached hydrogen (secondary N) is 1. The molecular weight excluding hydrogens is 390 g/mol. The molecule has 1 unspecified atom stereocenters. The van der Waals surface area contributed by atoms with Gasteiger partial charge in [0.1, 0.15) is 5.69 Å². The number of ether oxygens (including phenoxy) is 2. The quantitative estimate of drug-likeness (QED) is 0.675. The average molecular weight is 410 g/mol. The highest BCUT2D eigenvalue weighted by atomic mass is 35.5. The topological polar surface area (TPSA) is 67.5 Å². The Labute approximate surface area is 173 Å². The van der Waals surface area contributed by atoms with Crippen molar-refractivity contribution in [1.29, 1.82) is 0 Å². The molecule has 7 heteroatoms. The summed E-state index contributed by atoms with van der Waals surface area (Å²) in [4.78, 5) is 15.2. The molecule has 6 nitrogen and oxygen atoms in total. The number of hydrogen-bond acceptors (Lipinski definition) is 4. The van der Waals surface area contributed by atoms with Crippen LogP contribution in [-0.4, -0.2) is 22.9 Å². The molecule has 1 atom stereocenters. The van der Waals surface area contributed by atoms with Crippen molar-refractivity contribution < 1.29 is 14.3 Å². The Bertz CT molecular complexity index is 1110. The van der Waals surface area contributed by atoms with Gasteiger partial charge in [-0.15, -0.1) is 0 Å². The van der Waals surface area contributed by atoms with Crippen LogP contribution in [0.2, 0.25) is 5.02 Å². The van der Waals surface area contributed by atoms with Crippen molar-refractivity contribution in [1.82, 2.24) is 10.2 Å². The molecule has 1 aromatic heterocycles. The molecule has 2 aliphatic rings. The molecule has 29 heavy (non-hydrogen) atoms. The fraction of sp³-hybridized carbons (Fsp3) is 0.273. The Hall–Kier alpha value is -2.99. The first-order valence-electron chi connectivity index (χ1n) is 9.58. The molecular formula is C22H20ClN3O3. The van der Waals surface area contributed by atoms with Crippen molar-refractivity contribution in [3.05, 3.63) is 70.0 Å². The summed E-state index contributed by atoms with van der Waals surface area (Å²) in [5.74, 6) is 1.61. The van der Waals surface area contributed by atoms with E-state index >= 15 is 0 Å². The molecule has 3 aromatic rings. The third kappa shape index (κ3) is 2.95. The van der Waals surface area contributed by atoms with Gasteiger partial charge in [-0.05, 0) is 42.2 Å². The summed E-state index contributed by atoms with van der Waals surface area (Å²) in [6.07, 6.45) is 0.783. The summed E-state index contributed by atoms with van der Waals surface area (Å²) in [6, 6.07) is 12.9. The first kappa shape index (κ1) is 18.1. The van der Waals surface area contributed by atoms with Crippen LogP contribution in [0, 0.1) is 5.92 Å². The molecule has 2 aliphatic heterocycles. The Morgan fingerprint density at radius 3 is 2.83 bits per heavy atom. The molecule has 2 aromatic carbocycles. The smallest absolute Gasteiger partial charge is 0.277 e. The van der Waals surface area contributed by atoms with Crippen molar-refractivity contribution in [2.75, 3.05) is 11.7 Å². The molecule has 0 aliphatic carbocycles. The first-order chi connectivity index (χ1) is 14.0. The molecule has 148 valence electrons. The van der Waals surface area contributed by atoms with Gasteiger partial charge in [-0.25, -0.2) is 0 Å². The van der Waals surface area contributed by atoms with Gasteiger partial charge in [0.05, 0.1) is 11.7 Å². The number of carbonyl (C=O) groups is 1. The summed E-state index contributed by atoms with van der Waals surface area (Å²) in [5.41, 5.74) is 4.04. The van der Waals surface area contributed by atoms with E-state index in [1.54, 1.807) is 4.90 Å². The van der Waals surface area contributed by atoms with Crippen molar-refractivity contribution >= 4 is 23.2 Å². The zero-order chi connectivity index (χ0) is 20.1. The summed E-state index contributed by atoms with van der Waals surface area (Å²) < 4.78 is 10.9. The predicted molar refractivity (Wildman–Crippen MR) is 110 cm³/mol. The number of fused-ring (bicyclic) bond motifs is 2. The standard InChI is InChI=1S/C22H20ClN3O3/c1-12(2)8-16-19-20(25-24-16)22(27)26(21(19)13-4-3-5-14(23)9-13)15-6-7-17-18(10-15)29-11-28-17/h3-7,9-10,12,21H,8,11H2,1-2H3,(H,24,25). The van der Waals surface area contributed by atoms with Crippen LogP contribution < -0.4 is 14.4 Å². The molecule has 3 heterocycles. The second-order valence-corrected chi connectivity index (χ2v) is 8.16. The minimum absolute atomic E-state index is 0.119. The third-order valence-electron chi connectivity index (χ3n) is 5.25. The van der Waals surface area contributed by atoms with Crippen LogP contribution in [-0.2, 0) is 6.42 Å². The summed E-state index contributed by atoms with van der Waals surface area (Å²) >= 11 is 6.29. The van der Waals surface area contributed by atoms with Crippen molar-refractivity contribution in [3.8, 4) is 11.5 Å². The lowest BCUT2D eigenvalue weighted by atomic mass is 9.95. The number of nitrogens with zero attached hydrogens (tertiary/aromatic N) is 2. The van der Waals surface area contributed by atoms with Crippen LogP contribution in [0.3, 0.4) is 0 Å². The largest absolute Gasteiger partial charge is 0.454 e. The van der Waals surface area contributed by atoms with Crippen LogP contribution >= 0.6 is 11.6 Å². The number of hydrogen-bond donors (Lipinski definition) is 1. The summed E-state index contributed by atoms with van der Waals surface area (Å²) in [6.45, 7) is 4.47. The van der Waals surface area contributed by atoms with Gasteiger partial charge in [-0.2, -0.15) is 5.10 Å².